The van der Waals surface area contributed by atoms with E-state index in [1.54, 1.807) is 10.6 Å². The number of halogens is 2. The third-order valence-electron chi connectivity index (χ3n) is 5.43. The van der Waals surface area contributed by atoms with Crippen molar-refractivity contribution in [3.63, 3.8) is 0 Å². The van der Waals surface area contributed by atoms with Crippen LogP contribution < -0.4 is 19.6 Å². The van der Waals surface area contributed by atoms with Gasteiger partial charge in [-0.25, -0.2) is 9.79 Å². The lowest BCUT2D eigenvalue weighted by Crippen LogP contribution is -2.40. The standard InChI is InChI=1S/C26H22BrIN2O4S/c1-4-11-34-23-17(27)12-15(13-18(23)28)14-20-24(31)30-22(16-9-7-6-8-10-16)21(25(32)33-3)19(5-2)29-26(30)35-20/h4,6-10,12-14,22H,1,5,11H2,2-3H3/b20-14-/t22-/m0/s1. The average molecular weight is 665 g/mol. The summed E-state index contributed by atoms with van der Waals surface area (Å²) in [6.07, 6.45) is 4.06. The number of rotatable bonds is 7. The van der Waals surface area contributed by atoms with Crippen molar-refractivity contribution >= 4 is 61.9 Å². The fourth-order valence-corrected chi connectivity index (χ4v) is 6.70. The SMILES string of the molecule is C=CCOc1c(Br)cc(/C=c2\sc3n(c2=O)[C@@H](c2ccccc2)C(C(=O)OC)=C(CC)N=3)cc1I. The second-order valence-electron chi connectivity index (χ2n) is 7.61. The van der Waals surface area contributed by atoms with Crippen molar-refractivity contribution in [1.82, 2.24) is 4.57 Å². The smallest absolute Gasteiger partial charge is 0.338 e. The van der Waals surface area contributed by atoms with E-state index in [4.69, 9.17) is 14.5 Å². The molecule has 0 spiro atoms. The molecule has 0 aliphatic carbocycles. The van der Waals surface area contributed by atoms with Crippen LogP contribution in [0, 0.1) is 3.57 Å². The van der Waals surface area contributed by atoms with Crippen molar-refractivity contribution in [2.24, 2.45) is 4.99 Å². The van der Waals surface area contributed by atoms with Gasteiger partial charge in [0.1, 0.15) is 12.4 Å². The van der Waals surface area contributed by atoms with E-state index in [0.717, 1.165) is 24.9 Å². The van der Waals surface area contributed by atoms with Crippen molar-refractivity contribution in [3.05, 3.63) is 105 Å². The minimum absolute atomic E-state index is 0.211. The summed E-state index contributed by atoms with van der Waals surface area (Å²) in [5, 5.41) is 0. The van der Waals surface area contributed by atoms with E-state index in [2.05, 4.69) is 45.1 Å². The Morgan fingerprint density at radius 3 is 2.69 bits per heavy atom. The largest absolute Gasteiger partial charge is 0.487 e. The Balaban J connectivity index is 1.92. The Labute approximate surface area is 228 Å². The highest BCUT2D eigenvalue weighted by Gasteiger charge is 2.33. The van der Waals surface area contributed by atoms with E-state index < -0.39 is 12.0 Å². The average Bonchev–Trinajstić information content (AvgIpc) is 3.16. The molecule has 1 aromatic heterocycles. The van der Waals surface area contributed by atoms with Crippen LogP contribution in [0.3, 0.4) is 0 Å². The molecule has 0 N–H and O–H groups in total. The summed E-state index contributed by atoms with van der Waals surface area (Å²) in [4.78, 5) is 31.8. The molecule has 0 saturated heterocycles. The van der Waals surface area contributed by atoms with Gasteiger partial charge >= 0.3 is 5.97 Å². The topological polar surface area (TPSA) is 69.9 Å². The van der Waals surface area contributed by atoms with Gasteiger partial charge in [0, 0.05) is 0 Å². The zero-order chi connectivity index (χ0) is 25.1. The summed E-state index contributed by atoms with van der Waals surface area (Å²) in [5.41, 5.74) is 2.47. The summed E-state index contributed by atoms with van der Waals surface area (Å²) in [7, 11) is 1.34. The van der Waals surface area contributed by atoms with E-state index in [1.807, 2.05) is 55.5 Å². The number of aromatic nitrogens is 1. The first-order valence-electron chi connectivity index (χ1n) is 10.8. The highest BCUT2D eigenvalue weighted by Crippen LogP contribution is 2.33. The Bertz CT molecular complexity index is 1490. The molecule has 3 aromatic rings. The third kappa shape index (κ3) is 5.07. The summed E-state index contributed by atoms with van der Waals surface area (Å²) in [6.45, 7) is 6.02. The molecule has 2 aromatic carbocycles. The van der Waals surface area contributed by atoms with E-state index in [0.29, 0.717) is 33.6 Å². The van der Waals surface area contributed by atoms with Crippen molar-refractivity contribution < 1.29 is 14.3 Å². The summed E-state index contributed by atoms with van der Waals surface area (Å²) in [5.74, 6) is 0.242. The quantitative estimate of drug-likeness (QED) is 0.208. The summed E-state index contributed by atoms with van der Waals surface area (Å²) < 4.78 is 14.6. The molecule has 0 radical (unpaired) electrons. The van der Waals surface area contributed by atoms with Crippen LogP contribution in [-0.2, 0) is 9.53 Å². The molecule has 1 atom stereocenters. The number of hydrogen-bond donors (Lipinski definition) is 0. The number of benzene rings is 2. The van der Waals surface area contributed by atoms with Gasteiger partial charge in [-0.05, 0) is 74.3 Å². The van der Waals surface area contributed by atoms with E-state index in [9.17, 15) is 9.59 Å². The fourth-order valence-electron chi connectivity index (χ4n) is 3.91. The molecular formula is C26H22BrIN2O4S. The highest BCUT2D eigenvalue weighted by atomic mass is 127. The minimum Gasteiger partial charge on any atom is -0.487 e. The van der Waals surface area contributed by atoms with Gasteiger partial charge < -0.3 is 9.47 Å². The Kier molecular flexibility index (Phi) is 8.08. The lowest BCUT2D eigenvalue weighted by atomic mass is 9.95. The lowest BCUT2D eigenvalue weighted by molar-refractivity contribution is -0.136. The van der Waals surface area contributed by atoms with Crippen molar-refractivity contribution in [1.29, 1.82) is 0 Å². The maximum absolute atomic E-state index is 13.7. The maximum atomic E-state index is 13.7. The molecule has 1 aliphatic rings. The van der Waals surface area contributed by atoms with Crippen LogP contribution in [0.15, 0.2) is 80.6 Å². The Morgan fingerprint density at radius 1 is 1.31 bits per heavy atom. The monoisotopic (exact) mass is 664 g/mol. The van der Waals surface area contributed by atoms with Gasteiger partial charge in [0.05, 0.1) is 37.0 Å². The lowest BCUT2D eigenvalue weighted by Gasteiger charge is -2.25. The van der Waals surface area contributed by atoms with Gasteiger partial charge in [0.25, 0.3) is 5.56 Å². The van der Waals surface area contributed by atoms with Gasteiger partial charge in [0.2, 0.25) is 0 Å². The molecule has 0 saturated carbocycles. The molecule has 0 amide bonds. The molecule has 2 heterocycles. The van der Waals surface area contributed by atoms with Crippen LogP contribution in [0.1, 0.15) is 30.5 Å². The molecular weight excluding hydrogens is 643 g/mol. The normalized spacial score (nSPS) is 15.4. The van der Waals surface area contributed by atoms with Crippen LogP contribution in [0.2, 0.25) is 0 Å². The number of carbonyl (C=O) groups excluding carboxylic acids is 1. The molecule has 6 nitrogen and oxygen atoms in total. The van der Waals surface area contributed by atoms with Crippen LogP contribution in [0.25, 0.3) is 6.08 Å². The molecule has 35 heavy (non-hydrogen) atoms. The van der Waals surface area contributed by atoms with Crippen molar-refractivity contribution in [2.75, 3.05) is 13.7 Å². The minimum atomic E-state index is -0.612. The van der Waals surface area contributed by atoms with E-state index in [-0.39, 0.29) is 5.56 Å². The molecule has 0 unspecified atom stereocenters. The predicted octanol–water partition coefficient (Wildman–Crippen LogP) is 4.73. The van der Waals surface area contributed by atoms with Crippen LogP contribution in [0.4, 0.5) is 0 Å². The first kappa shape index (κ1) is 25.6. The molecule has 0 bridgehead atoms. The summed E-state index contributed by atoms with van der Waals surface area (Å²) in [6, 6.07) is 12.7. The maximum Gasteiger partial charge on any atom is 0.338 e. The highest BCUT2D eigenvalue weighted by molar-refractivity contribution is 14.1. The molecule has 9 heteroatoms. The first-order valence-corrected chi connectivity index (χ1v) is 13.5. The number of ether oxygens (including phenoxy) is 2. The van der Waals surface area contributed by atoms with Gasteiger partial charge in [-0.2, -0.15) is 0 Å². The number of allylic oxidation sites excluding steroid dienone is 1. The zero-order valence-corrected chi connectivity index (χ0v) is 23.6. The van der Waals surface area contributed by atoms with Crippen LogP contribution in [0.5, 0.6) is 5.75 Å². The van der Waals surface area contributed by atoms with Gasteiger partial charge in [-0.1, -0.05) is 61.2 Å². The number of hydrogen-bond acceptors (Lipinski definition) is 6. The first-order chi connectivity index (χ1) is 16.9. The third-order valence-corrected chi connectivity index (χ3v) is 7.80. The number of esters is 1. The molecule has 0 fully saturated rings. The zero-order valence-electron chi connectivity index (χ0n) is 19.1. The predicted molar refractivity (Wildman–Crippen MR) is 149 cm³/mol. The molecule has 1 aliphatic heterocycles. The summed E-state index contributed by atoms with van der Waals surface area (Å²) >= 11 is 7.08. The Morgan fingerprint density at radius 2 is 2.06 bits per heavy atom. The fraction of sp³-hybridized carbons (Fsp3) is 0.192. The van der Waals surface area contributed by atoms with Crippen molar-refractivity contribution in [2.45, 2.75) is 19.4 Å². The van der Waals surface area contributed by atoms with Crippen molar-refractivity contribution in [3.8, 4) is 5.75 Å². The second kappa shape index (κ2) is 11.0. The van der Waals surface area contributed by atoms with Gasteiger partial charge in [-0.15, -0.1) is 0 Å². The van der Waals surface area contributed by atoms with E-state index in [1.165, 1.54) is 18.4 Å². The van der Waals surface area contributed by atoms with E-state index >= 15 is 0 Å². The van der Waals surface area contributed by atoms with Gasteiger partial charge in [0.15, 0.2) is 4.80 Å². The van der Waals surface area contributed by atoms with Gasteiger partial charge in [-0.3, -0.25) is 9.36 Å². The number of fused-ring (bicyclic) bond motifs is 1. The number of thiazole rings is 1. The number of carbonyl (C=O) groups is 1. The molecule has 4 rings (SSSR count). The van der Waals surface area contributed by atoms with Crippen LogP contribution >= 0.6 is 49.9 Å². The number of methoxy groups -OCH3 is 1. The Hall–Kier alpha value is -2.50. The molecule has 180 valence electrons. The van der Waals surface area contributed by atoms with Crippen LogP contribution in [-0.4, -0.2) is 24.3 Å². The number of nitrogens with zero attached hydrogens (tertiary/aromatic N) is 2. The second-order valence-corrected chi connectivity index (χ2v) is 10.6.